The highest BCUT2D eigenvalue weighted by Gasteiger charge is 2.15. The van der Waals surface area contributed by atoms with Crippen molar-refractivity contribution in [2.75, 3.05) is 7.05 Å². The van der Waals surface area contributed by atoms with Gasteiger partial charge in [-0.25, -0.2) is 4.39 Å². The number of nitrogens with zero attached hydrogens (tertiary/aromatic N) is 1. The Hall–Kier alpha value is -3.00. The molecular formula is C32H38FN. The van der Waals surface area contributed by atoms with Gasteiger partial charge in [0.05, 0.1) is 0 Å². The molecule has 2 heteroatoms. The van der Waals surface area contributed by atoms with Crippen molar-refractivity contribution in [3.05, 3.63) is 93.8 Å². The third kappa shape index (κ3) is 5.73. The predicted octanol–water partition coefficient (Wildman–Crippen LogP) is 9.38. The number of halogens is 1. The SMILES string of the molecule is CN=C(C)C(=C(C)C)c1cccc(C(CCCCc2cccc3cc(F)ccc23)=C(C)C)c1C. The lowest BCUT2D eigenvalue weighted by molar-refractivity contribution is 0.629. The molecule has 0 saturated carbocycles. The third-order valence-electron chi connectivity index (χ3n) is 6.78. The standard InChI is InChI=1S/C32H38FN/c1-21(2)28(29-16-11-17-30(23(29)5)32(22(3)4)24(6)34-7)15-9-8-12-25-13-10-14-26-20-27(33)18-19-31(25)26/h10-11,13-14,16-20H,8-9,12,15H2,1-7H3. The molecule has 178 valence electrons. The summed E-state index contributed by atoms with van der Waals surface area (Å²) in [4.78, 5) is 4.48. The maximum atomic E-state index is 13.6. The molecular weight excluding hydrogens is 417 g/mol. The Kier molecular flexibility index (Phi) is 8.61. The van der Waals surface area contributed by atoms with E-state index in [-0.39, 0.29) is 5.82 Å². The molecule has 0 saturated heterocycles. The predicted molar refractivity (Wildman–Crippen MR) is 148 cm³/mol. The summed E-state index contributed by atoms with van der Waals surface area (Å²) in [6, 6.07) is 18.0. The molecule has 0 heterocycles. The first-order chi connectivity index (χ1) is 16.2. The Morgan fingerprint density at radius 3 is 2.21 bits per heavy atom. The highest BCUT2D eigenvalue weighted by Crippen LogP contribution is 2.33. The molecule has 0 aliphatic rings. The van der Waals surface area contributed by atoms with E-state index in [1.54, 1.807) is 12.1 Å². The van der Waals surface area contributed by atoms with Crippen LogP contribution in [-0.2, 0) is 6.42 Å². The molecule has 0 fully saturated rings. The van der Waals surface area contributed by atoms with Crippen LogP contribution in [0.5, 0.6) is 0 Å². The van der Waals surface area contributed by atoms with Crippen LogP contribution in [0.4, 0.5) is 4.39 Å². The first-order valence-corrected chi connectivity index (χ1v) is 12.3. The maximum Gasteiger partial charge on any atom is 0.123 e. The van der Waals surface area contributed by atoms with Crippen LogP contribution < -0.4 is 0 Å². The minimum atomic E-state index is -0.174. The summed E-state index contributed by atoms with van der Waals surface area (Å²) < 4.78 is 13.6. The fraction of sp³-hybridized carbons (Fsp3) is 0.344. The second-order valence-electron chi connectivity index (χ2n) is 9.63. The molecule has 1 nitrogen and oxygen atoms in total. The Morgan fingerprint density at radius 2 is 1.53 bits per heavy atom. The zero-order chi connectivity index (χ0) is 24.8. The number of benzene rings is 3. The lowest BCUT2D eigenvalue weighted by Gasteiger charge is -2.19. The zero-order valence-electron chi connectivity index (χ0n) is 21.8. The van der Waals surface area contributed by atoms with Crippen LogP contribution in [0.15, 0.2) is 70.7 Å². The molecule has 3 aromatic carbocycles. The lowest BCUT2D eigenvalue weighted by atomic mass is 9.86. The number of rotatable bonds is 8. The zero-order valence-corrected chi connectivity index (χ0v) is 21.8. The summed E-state index contributed by atoms with van der Waals surface area (Å²) in [5.74, 6) is -0.174. The number of hydrogen-bond acceptors (Lipinski definition) is 1. The van der Waals surface area contributed by atoms with Crippen LogP contribution in [0.1, 0.15) is 76.1 Å². The van der Waals surface area contributed by atoms with Crippen LogP contribution in [0, 0.1) is 12.7 Å². The van der Waals surface area contributed by atoms with Gasteiger partial charge >= 0.3 is 0 Å². The van der Waals surface area contributed by atoms with Gasteiger partial charge in [-0.2, -0.15) is 0 Å². The van der Waals surface area contributed by atoms with E-state index in [0.29, 0.717) is 0 Å². The number of fused-ring (bicyclic) bond motifs is 1. The molecule has 0 spiro atoms. The van der Waals surface area contributed by atoms with Gasteiger partial charge in [0.2, 0.25) is 0 Å². The minimum Gasteiger partial charge on any atom is -0.293 e. The third-order valence-corrected chi connectivity index (χ3v) is 6.78. The van der Waals surface area contributed by atoms with E-state index in [2.05, 4.69) is 70.8 Å². The van der Waals surface area contributed by atoms with Crippen LogP contribution in [-0.4, -0.2) is 12.8 Å². The summed E-state index contributed by atoms with van der Waals surface area (Å²) in [7, 11) is 1.87. The normalized spacial score (nSPS) is 11.6. The monoisotopic (exact) mass is 455 g/mol. The Morgan fingerprint density at radius 1 is 0.824 bits per heavy atom. The average Bonchev–Trinajstić information content (AvgIpc) is 2.80. The van der Waals surface area contributed by atoms with Crippen molar-refractivity contribution < 1.29 is 4.39 Å². The van der Waals surface area contributed by atoms with Gasteiger partial charge in [0.25, 0.3) is 0 Å². The topological polar surface area (TPSA) is 12.4 Å². The summed E-state index contributed by atoms with van der Waals surface area (Å²) in [6.45, 7) is 13.1. The highest BCUT2D eigenvalue weighted by molar-refractivity contribution is 6.23. The van der Waals surface area contributed by atoms with Crippen molar-refractivity contribution in [3.63, 3.8) is 0 Å². The smallest absolute Gasteiger partial charge is 0.123 e. The summed E-state index contributed by atoms with van der Waals surface area (Å²) in [6.07, 6.45) is 4.28. The van der Waals surface area contributed by atoms with Crippen LogP contribution >= 0.6 is 0 Å². The summed E-state index contributed by atoms with van der Waals surface area (Å²) in [5, 5.41) is 2.15. The van der Waals surface area contributed by atoms with Crippen LogP contribution in [0.2, 0.25) is 0 Å². The number of hydrogen-bond donors (Lipinski definition) is 0. The quantitative estimate of drug-likeness (QED) is 0.237. The number of unbranched alkanes of at least 4 members (excludes halogenated alkanes) is 1. The lowest BCUT2D eigenvalue weighted by Crippen LogP contribution is -2.04. The highest BCUT2D eigenvalue weighted by atomic mass is 19.1. The first kappa shape index (κ1) is 25.6. The van der Waals surface area contributed by atoms with Gasteiger partial charge in [0, 0.05) is 18.3 Å². The molecule has 3 aromatic rings. The Bertz CT molecular complexity index is 1270. The number of allylic oxidation sites excluding steroid dienone is 4. The molecule has 0 N–H and O–H groups in total. The van der Waals surface area contributed by atoms with Gasteiger partial charge in [-0.1, -0.05) is 53.6 Å². The van der Waals surface area contributed by atoms with E-state index in [0.717, 1.165) is 42.2 Å². The van der Waals surface area contributed by atoms with Crippen molar-refractivity contribution in [1.29, 1.82) is 0 Å². The number of aryl methyl sites for hydroxylation is 1. The van der Waals surface area contributed by atoms with E-state index >= 15 is 0 Å². The van der Waals surface area contributed by atoms with Crippen LogP contribution in [0.25, 0.3) is 21.9 Å². The summed E-state index contributed by atoms with van der Waals surface area (Å²) >= 11 is 0. The Labute approximate surface area is 205 Å². The largest absolute Gasteiger partial charge is 0.293 e. The second kappa shape index (κ2) is 11.4. The fourth-order valence-electron chi connectivity index (χ4n) is 4.98. The van der Waals surface area contributed by atoms with Gasteiger partial charge < -0.3 is 0 Å². The van der Waals surface area contributed by atoms with E-state index in [1.807, 2.05) is 25.2 Å². The van der Waals surface area contributed by atoms with Crippen molar-refractivity contribution in [2.45, 2.75) is 67.2 Å². The molecule has 0 atom stereocenters. The molecule has 3 rings (SSSR count). The molecule has 0 aliphatic carbocycles. The average molecular weight is 456 g/mol. The fourth-order valence-corrected chi connectivity index (χ4v) is 4.98. The van der Waals surface area contributed by atoms with E-state index < -0.39 is 0 Å². The molecule has 0 bridgehead atoms. The van der Waals surface area contributed by atoms with Gasteiger partial charge in [-0.15, -0.1) is 0 Å². The molecule has 0 amide bonds. The van der Waals surface area contributed by atoms with Crippen molar-refractivity contribution >= 4 is 27.6 Å². The molecule has 0 aromatic heterocycles. The van der Waals surface area contributed by atoms with E-state index in [1.165, 1.54) is 44.5 Å². The maximum absolute atomic E-state index is 13.6. The van der Waals surface area contributed by atoms with Crippen molar-refractivity contribution in [3.8, 4) is 0 Å². The van der Waals surface area contributed by atoms with E-state index in [4.69, 9.17) is 0 Å². The van der Waals surface area contributed by atoms with Gasteiger partial charge in [-0.3, -0.25) is 4.99 Å². The van der Waals surface area contributed by atoms with Gasteiger partial charge in [-0.05, 0) is 118 Å². The first-order valence-electron chi connectivity index (χ1n) is 12.3. The van der Waals surface area contributed by atoms with Crippen molar-refractivity contribution in [1.82, 2.24) is 0 Å². The molecule has 34 heavy (non-hydrogen) atoms. The molecule has 0 radical (unpaired) electrons. The van der Waals surface area contributed by atoms with Crippen LogP contribution in [0.3, 0.4) is 0 Å². The Balaban J connectivity index is 1.80. The van der Waals surface area contributed by atoms with E-state index in [9.17, 15) is 4.39 Å². The summed E-state index contributed by atoms with van der Waals surface area (Å²) in [5.41, 5.74) is 11.7. The minimum absolute atomic E-state index is 0.174. The van der Waals surface area contributed by atoms with Crippen molar-refractivity contribution in [2.24, 2.45) is 4.99 Å². The molecule has 0 aliphatic heterocycles. The second-order valence-corrected chi connectivity index (χ2v) is 9.63. The van der Waals surface area contributed by atoms with Gasteiger partial charge in [0.15, 0.2) is 0 Å². The number of aliphatic imine (C=N–C) groups is 1. The molecule has 0 unspecified atom stereocenters. The van der Waals surface area contributed by atoms with Gasteiger partial charge in [0.1, 0.15) is 5.82 Å².